The van der Waals surface area contributed by atoms with Crippen LogP contribution >= 0.6 is 27.5 Å². The fourth-order valence-corrected chi connectivity index (χ4v) is 2.57. The molecule has 0 radical (unpaired) electrons. The molecule has 1 aromatic rings. The van der Waals surface area contributed by atoms with Gasteiger partial charge in [-0.05, 0) is 46.6 Å². The molecule has 0 aliphatic heterocycles. The second kappa shape index (κ2) is 8.95. The van der Waals surface area contributed by atoms with Crippen LogP contribution in [0, 0.1) is 0 Å². The van der Waals surface area contributed by atoms with E-state index >= 15 is 0 Å². The van der Waals surface area contributed by atoms with Gasteiger partial charge in [0.1, 0.15) is 0 Å². The second-order valence-electron chi connectivity index (χ2n) is 4.63. The molecule has 1 atom stereocenters. The fraction of sp³-hybridized carbons (Fsp3) is 0.600. The van der Waals surface area contributed by atoms with Gasteiger partial charge in [0.2, 0.25) is 0 Å². The van der Waals surface area contributed by atoms with Gasteiger partial charge in [0.15, 0.2) is 0 Å². The Morgan fingerprint density at radius 1 is 1.22 bits per heavy atom. The van der Waals surface area contributed by atoms with Crippen LogP contribution < -0.4 is 5.32 Å². The van der Waals surface area contributed by atoms with Crippen molar-refractivity contribution < 1.29 is 0 Å². The Morgan fingerprint density at radius 3 is 2.61 bits per heavy atom. The average Bonchev–Trinajstić information content (AvgIpc) is 2.37. The number of hydrogen-bond acceptors (Lipinski definition) is 1. The van der Waals surface area contributed by atoms with Gasteiger partial charge in [-0.2, -0.15) is 0 Å². The molecule has 0 amide bonds. The highest BCUT2D eigenvalue weighted by Crippen LogP contribution is 2.28. The Bertz CT molecular complexity index is 354. The molecule has 102 valence electrons. The summed E-state index contributed by atoms with van der Waals surface area (Å²) in [4.78, 5) is 0. The Kier molecular flexibility index (Phi) is 7.96. The molecule has 0 fully saturated rings. The Labute approximate surface area is 124 Å². The summed E-state index contributed by atoms with van der Waals surface area (Å²) in [7, 11) is 0. The van der Waals surface area contributed by atoms with Gasteiger partial charge in [-0.15, -0.1) is 0 Å². The van der Waals surface area contributed by atoms with Crippen molar-refractivity contribution in [2.75, 3.05) is 6.54 Å². The summed E-state index contributed by atoms with van der Waals surface area (Å²) in [6.45, 7) is 5.39. The molecule has 1 aromatic carbocycles. The summed E-state index contributed by atoms with van der Waals surface area (Å²) in [6.07, 6.45) is 6.41. The third kappa shape index (κ3) is 5.29. The fourth-order valence-electron chi connectivity index (χ4n) is 2.14. The predicted octanol–water partition coefficient (Wildman–Crippen LogP) is 5.72. The molecule has 1 nitrogen and oxygen atoms in total. The summed E-state index contributed by atoms with van der Waals surface area (Å²) in [5.41, 5.74) is 1.29. The van der Waals surface area contributed by atoms with E-state index in [1.165, 1.54) is 37.7 Å². The van der Waals surface area contributed by atoms with Gasteiger partial charge >= 0.3 is 0 Å². The first-order valence-electron chi connectivity index (χ1n) is 6.87. The number of unbranched alkanes of at least 4 members (excludes halogenated alkanes) is 3. The standard InChI is InChI=1S/C15H23BrClN/c1-3-5-6-7-8-15(18-4-2)12-9-10-13(16)14(17)11-12/h9-11,15,18H,3-8H2,1-2H3. The van der Waals surface area contributed by atoms with E-state index in [9.17, 15) is 0 Å². The molecule has 1 rings (SSSR count). The quantitative estimate of drug-likeness (QED) is 0.600. The lowest BCUT2D eigenvalue weighted by Crippen LogP contribution is -2.20. The van der Waals surface area contributed by atoms with E-state index in [-0.39, 0.29) is 0 Å². The first-order chi connectivity index (χ1) is 8.69. The van der Waals surface area contributed by atoms with Gasteiger partial charge < -0.3 is 5.32 Å². The molecule has 3 heteroatoms. The van der Waals surface area contributed by atoms with Crippen molar-refractivity contribution in [3.05, 3.63) is 33.3 Å². The molecule has 0 saturated heterocycles. The number of halogens is 2. The van der Waals surface area contributed by atoms with E-state index in [2.05, 4.69) is 47.2 Å². The smallest absolute Gasteiger partial charge is 0.0551 e. The summed E-state index contributed by atoms with van der Waals surface area (Å²) in [6, 6.07) is 6.69. The van der Waals surface area contributed by atoms with E-state index in [0.717, 1.165) is 16.0 Å². The normalized spacial score (nSPS) is 12.7. The summed E-state index contributed by atoms with van der Waals surface area (Å²) >= 11 is 9.61. The van der Waals surface area contributed by atoms with Crippen LogP contribution in [0.15, 0.2) is 22.7 Å². The van der Waals surface area contributed by atoms with Crippen LogP contribution in [0.5, 0.6) is 0 Å². The Hall–Kier alpha value is -0.0500. The Morgan fingerprint density at radius 2 is 2.00 bits per heavy atom. The molecule has 0 aromatic heterocycles. The van der Waals surface area contributed by atoms with Gasteiger partial charge in [-0.3, -0.25) is 0 Å². The van der Waals surface area contributed by atoms with Crippen LogP contribution in [0.25, 0.3) is 0 Å². The lowest BCUT2D eigenvalue weighted by molar-refractivity contribution is 0.482. The van der Waals surface area contributed by atoms with E-state index < -0.39 is 0 Å². The molecule has 18 heavy (non-hydrogen) atoms. The monoisotopic (exact) mass is 331 g/mol. The Balaban J connectivity index is 2.61. The number of rotatable bonds is 8. The SMILES string of the molecule is CCCCCCC(NCC)c1ccc(Br)c(Cl)c1. The zero-order valence-corrected chi connectivity index (χ0v) is 13.6. The van der Waals surface area contributed by atoms with Crippen LogP contribution in [0.2, 0.25) is 5.02 Å². The van der Waals surface area contributed by atoms with Crippen LogP contribution in [0.3, 0.4) is 0 Å². The zero-order chi connectivity index (χ0) is 13.4. The number of hydrogen-bond donors (Lipinski definition) is 1. The maximum atomic E-state index is 6.17. The van der Waals surface area contributed by atoms with Gasteiger partial charge in [0.25, 0.3) is 0 Å². The van der Waals surface area contributed by atoms with Crippen molar-refractivity contribution in [1.29, 1.82) is 0 Å². The lowest BCUT2D eigenvalue weighted by Gasteiger charge is -2.19. The molecular weight excluding hydrogens is 310 g/mol. The first kappa shape index (κ1) is 16.0. The summed E-state index contributed by atoms with van der Waals surface area (Å²) < 4.78 is 0.967. The minimum Gasteiger partial charge on any atom is -0.310 e. The topological polar surface area (TPSA) is 12.0 Å². The lowest BCUT2D eigenvalue weighted by atomic mass is 10.00. The molecule has 0 heterocycles. The van der Waals surface area contributed by atoms with Crippen molar-refractivity contribution in [1.82, 2.24) is 5.32 Å². The van der Waals surface area contributed by atoms with Gasteiger partial charge in [0.05, 0.1) is 5.02 Å². The van der Waals surface area contributed by atoms with Crippen molar-refractivity contribution >= 4 is 27.5 Å². The van der Waals surface area contributed by atoms with Gasteiger partial charge in [-0.1, -0.05) is 57.2 Å². The molecule has 0 aliphatic rings. The van der Waals surface area contributed by atoms with Crippen LogP contribution in [-0.2, 0) is 0 Å². The molecular formula is C15H23BrClN. The molecule has 0 bridgehead atoms. The van der Waals surface area contributed by atoms with E-state index in [1.807, 2.05) is 6.07 Å². The minimum absolute atomic E-state index is 0.428. The molecule has 0 spiro atoms. The third-order valence-corrected chi connectivity index (χ3v) is 4.38. The summed E-state index contributed by atoms with van der Waals surface area (Å²) in [5.74, 6) is 0. The van der Waals surface area contributed by atoms with E-state index in [0.29, 0.717) is 6.04 Å². The highest BCUT2D eigenvalue weighted by molar-refractivity contribution is 9.10. The predicted molar refractivity (Wildman–Crippen MR) is 84.3 cm³/mol. The van der Waals surface area contributed by atoms with Crippen LogP contribution in [0.4, 0.5) is 0 Å². The maximum absolute atomic E-state index is 6.17. The minimum atomic E-state index is 0.428. The van der Waals surface area contributed by atoms with E-state index in [4.69, 9.17) is 11.6 Å². The first-order valence-corrected chi connectivity index (χ1v) is 8.04. The van der Waals surface area contributed by atoms with Crippen molar-refractivity contribution in [2.45, 2.75) is 52.0 Å². The van der Waals surface area contributed by atoms with Crippen LogP contribution in [-0.4, -0.2) is 6.54 Å². The largest absolute Gasteiger partial charge is 0.310 e. The third-order valence-electron chi connectivity index (χ3n) is 3.14. The second-order valence-corrected chi connectivity index (χ2v) is 5.89. The average molecular weight is 333 g/mol. The zero-order valence-electron chi connectivity index (χ0n) is 11.3. The van der Waals surface area contributed by atoms with Gasteiger partial charge in [-0.25, -0.2) is 0 Å². The summed E-state index contributed by atoms with van der Waals surface area (Å²) in [5, 5.41) is 4.34. The molecule has 0 aliphatic carbocycles. The number of nitrogens with one attached hydrogen (secondary N) is 1. The maximum Gasteiger partial charge on any atom is 0.0551 e. The van der Waals surface area contributed by atoms with Crippen LogP contribution in [0.1, 0.15) is 57.6 Å². The number of benzene rings is 1. The van der Waals surface area contributed by atoms with Crippen molar-refractivity contribution in [3.63, 3.8) is 0 Å². The van der Waals surface area contributed by atoms with Crippen molar-refractivity contribution in [3.8, 4) is 0 Å². The van der Waals surface area contributed by atoms with Gasteiger partial charge in [0, 0.05) is 10.5 Å². The molecule has 1 unspecified atom stereocenters. The molecule has 0 saturated carbocycles. The van der Waals surface area contributed by atoms with Crippen molar-refractivity contribution in [2.24, 2.45) is 0 Å². The highest BCUT2D eigenvalue weighted by Gasteiger charge is 2.11. The van der Waals surface area contributed by atoms with E-state index in [1.54, 1.807) is 0 Å². The molecule has 1 N–H and O–H groups in total. The highest BCUT2D eigenvalue weighted by atomic mass is 79.9.